The van der Waals surface area contributed by atoms with Crippen LogP contribution in [0.5, 0.6) is 0 Å². The minimum atomic E-state index is -1.06. The monoisotopic (exact) mass is 463 g/mol. The second-order valence-corrected chi connectivity index (χ2v) is 8.29. The van der Waals surface area contributed by atoms with Crippen LogP contribution in [0.4, 0.5) is 14.6 Å². The average Bonchev–Trinajstić information content (AvgIpc) is 3.51. The lowest BCUT2D eigenvalue weighted by atomic mass is 10.0. The standard InChI is InChI=1S/C24H23F2N7O/c25-20-4-1-5-21(22(20)26)33-24(29-30-31-33)19-11-17(12-28-23(19)27)16-8-6-15(7-9-16)13-32-10-2-3-18(32)14-34/h1,4-9,11-12,18,34H,2-3,10,13-14H2,(H2,27,28)/t18-/m0/s1. The number of nitrogens with two attached hydrogens (primary N) is 1. The molecule has 1 fully saturated rings. The maximum absolute atomic E-state index is 14.4. The van der Waals surface area contributed by atoms with E-state index in [0.29, 0.717) is 5.56 Å². The maximum Gasteiger partial charge on any atom is 0.190 e. The first-order valence-corrected chi connectivity index (χ1v) is 11.0. The molecule has 2 aromatic heterocycles. The van der Waals surface area contributed by atoms with Gasteiger partial charge in [-0.05, 0) is 59.1 Å². The van der Waals surface area contributed by atoms with Gasteiger partial charge >= 0.3 is 0 Å². The zero-order valence-electron chi connectivity index (χ0n) is 18.3. The molecule has 3 heterocycles. The number of nitrogen functional groups attached to an aromatic ring is 1. The summed E-state index contributed by atoms with van der Waals surface area (Å²) in [6.07, 6.45) is 3.77. The Bertz CT molecular complexity index is 1310. The van der Waals surface area contributed by atoms with Crippen molar-refractivity contribution in [1.82, 2.24) is 30.1 Å². The van der Waals surface area contributed by atoms with Gasteiger partial charge in [0.05, 0.1) is 12.2 Å². The molecule has 0 bridgehead atoms. The van der Waals surface area contributed by atoms with Crippen LogP contribution in [0.1, 0.15) is 18.4 Å². The number of aliphatic hydroxyl groups is 1. The van der Waals surface area contributed by atoms with Crippen molar-refractivity contribution < 1.29 is 13.9 Å². The van der Waals surface area contributed by atoms with Crippen LogP contribution in [0, 0.1) is 11.6 Å². The Hall–Kier alpha value is -3.76. The third kappa shape index (κ3) is 4.13. The van der Waals surface area contributed by atoms with E-state index in [0.717, 1.165) is 53.4 Å². The first-order chi connectivity index (χ1) is 16.5. The molecule has 1 saturated heterocycles. The van der Waals surface area contributed by atoms with Gasteiger partial charge in [-0.1, -0.05) is 30.3 Å². The predicted molar refractivity (Wildman–Crippen MR) is 123 cm³/mol. The molecule has 0 radical (unpaired) electrons. The van der Waals surface area contributed by atoms with Crippen molar-refractivity contribution in [3.63, 3.8) is 0 Å². The van der Waals surface area contributed by atoms with Crippen LogP contribution in [-0.4, -0.2) is 54.4 Å². The number of hydrogen-bond acceptors (Lipinski definition) is 7. The highest BCUT2D eigenvalue weighted by atomic mass is 19.2. The van der Waals surface area contributed by atoms with Crippen LogP contribution < -0.4 is 5.73 Å². The van der Waals surface area contributed by atoms with Gasteiger partial charge in [-0.25, -0.2) is 13.8 Å². The summed E-state index contributed by atoms with van der Waals surface area (Å²) in [4.78, 5) is 6.57. The van der Waals surface area contributed by atoms with E-state index in [1.807, 2.05) is 24.3 Å². The number of pyridine rings is 1. The van der Waals surface area contributed by atoms with Gasteiger partial charge in [-0.2, -0.15) is 4.68 Å². The molecule has 0 saturated carbocycles. The van der Waals surface area contributed by atoms with Crippen LogP contribution in [0.3, 0.4) is 0 Å². The Labute approximate surface area is 194 Å². The van der Waals surface area contributed by atoms with Crippen LogP contribution in [0.25, 0.3) is 28.2 Å². The zero-order chi connectivity index (χ0) is 23.7. The lowest BCUT2D eigenvalue weighted by molar-refractivity contribution is 0.153. The van der Waals surface area contributed by atoms with Gasteiger partial charge in [0.2, 0.25) is 0 Å². The molecular weight excluding hydrogens is 440 g/mol. The highest BCUT2D eigenvalue weighted by Gasteiger charge is 2.23. The van der Waals surface area contributed by atoms with Gasteiger partial charge in [-0.3, -0.25) is 4.90 Å². The lowest BCUT2D eigenvalue weighted by Crippen LogP contribution is -2.31. The maximum atomic E-state index is 14.4. The summed E-state index contributed by atoms with van der Waals surface area (Å²) in [5.41, 5.74) is 9.21. The van der Waals surface area contributed by atoms with E-state index in [1.54, 1.807) is 12.3 Å². The van der Waals surface area contributed by atoms with Crippen molar-refractivity contribution in [1.29, 1.82) is 0 Å². The van der Waals surface area contributed by atoms with E-state index < -0.39 is 11.6 Å². The van der Waals surface area contributed by atoms with Crippen molar-refractivity contribution in [2.45, 2.75) is 25.4 Å². The Morgan fingerprint density at radius 3 is 2.71 bits per heavy atom. The Morgan fingerprint density at radius 1 is 1.09 bits per heavy atom. The van der Waals surface area contributed by atoms with Crippen molar-refractivity contribution in [3.8, 4) is 28.2 Å². The van der Waals surface area contributed by atoms with Gasteiger partial charge in [-0.15, -0.1) is 5.10 Å². The Kier molecular flexibility index (Phi) is 5.99. The number of benzene rings is 2. The van der Waals surface area contributed by atoms with Crippen molar-refractivity contribution in [2.24, 2.45) is 0 Å². The second-order valence-electron chi connectivity index (χ2n) is 8.29. The molecule has 10 heteroatoms. The number of tetrazole rings is 1. The van der Waals surface area contributed by atoms with Crippen LogP contribution in [-0.2, 0) is 6.54 Å². The molecule has 174 valence electrons. The summed E-state index contributed by atoms with van der Waals surface area (Å²) >= 11 is 0. The summed E-state index contributed by atoms with van der Waals surface area (Å²) in [5, 5.41) is 21.0. The molecule has 1 atom stereocenters. The van der Waals surface area contributed by atoms with Gasteiger partial charge < -0.3 is 10.8 Å². The molecule has 0 unspecified atom stereocenters. The SMILES string of the molecule is Nc1ncc(-c2ccc(CN3CCC[C@H]3CO)cc2)cc1-c1nnnn1-c1cccc(F)c1F. The fraction of sp³-hybridized carbons (Fsp3) is 0.250. The largest absolute Gasteiger partial charge is 0.395 e. The lowest BCUT2D eigenvalue weighted by Gasteiger charge is -2.22. The van der Waals surface area contributed by atoms with Crippen molar-refractivity contribution >= 4 is 5.82 Å². The van der Waals surface area contributed by atoms with Crippen molar-refractivity contribution in [3.05, 3.63) is 71.9 Å². The highest BCUT2D eigenvalue weighted by molar-refractivity contribution is 5.76. The van der Waals surface area contributed by atoms with E-state index >= 15 is 0 Å². The van der Waals surface area contributed by atoms with Gasteiger partial charge in [0.25, 0.3) is 0 Å². The number of aliphatic hydroxyl groups excluding tert-OH is 1. The topological polar surface area (TPSA) is 106 Å². The van der Waals surface area contributed by atoms with Crippen molar-refractivity contribution in [2.75, 3.05) is 18.9 Å². The zero-order valence-corrected chi connectivity index (χ0v) is 18.3. The first-order valence-electron chi connectivity index (χ1n) is 11.0. The van der Waals surface area contributed by atoms with Crippen LogP contribution >= 0.6 is 0 Å². The van der Waals surface area contributed by atoms with E-state index in [2.05, 4.69) is 25.4 Å². The molecule has 0 amide bonds. The minimum absolute atomic E-state index is 0.128. The summed E-state index contributed by atoms with van der Waals surface area (Å²) in [5.74, 6) is -1.75. The van der Waals surface area contributed by atoms with Gasteiger partial charge in [0, 0.05) is 24.3 Å². The second kappa shape index (κ2) is 9.24. The molecule has 4 aromatic rings. The van der Waals surface area contributed by atoms with E-state index in [4.69, 9.17) is 5.73 Å². The predicted octanol–water partition coefficient (Wildman–Crippen LogP) is 3.21. The van der Waals surface area contributed by atoms with Crippen LogP contribution in [0.15, 0.2) is 54.7 Å². The number of likely N-dealkylation sites (tertiary alicyclic amines) is 1. The molecule has 0 aliphatic carbocycles. The molecule has 5 rings (SSSR count). The van der Waals surface area contributed by atoms with Crippen LogP contribution in [0.2, 0.25) is 0 Å². The average molecular weight is 463 g/mol. The summed E-state index contributed by atoms with van der Waals surface area (Å²) < 4.78 is 29.2. The van der Waals surface area contributed by atoms with Gasteiger partial charge in [0.1, 0.15) is 11.5 Å². The fourth-order valence-corrected chi connectivity index (χ4v) is 4.33. The van der Waals surface area contributed by atoms with Gasteiger partial charge in [0.15, 0.2) is 17.5 Å². The summed E-state index contributed by atoms with van der Waals surface area (Å²) in [6.45, 7) is 1.94. The highest BCUT2D eigenvalue weighted by Crippen LogP contribution is 2.30. The number of anilines is 1. The molecule has 1 aliphatic heterocycles. The summed E-state index contributed by atoms with van der Waals surface area (Å²) in [6, 6.07) is 13.9. The number of halogens is 2. The van der Waals surface area contributed by atoms with E-state index in [1.165, 1.54) is 12.1 Å². The summed E-state index contributed by atoms with van der Waals surface area (Å²) in [7, 11) is 0. The molecule has 2 aromatic carbocycles. The Balaban J connectivity index is 1.45. The molecule has 8 nitrogen and oxygen atoms in total. The molecular formula is C24H23F2N7O. The normalized spacial score (nSPS) is 16.3. The molecule has 3 N–H and O–H groups in total. The number of nitrogens with zero attached hydrogens (tertiary/aromatic N) is 6. The minimum Gasteiger partial charge on any atom is -0.395 e. The first kappa shape index (κ1) is 22.1. The van der Waals surface area contributed by atoms with E-state index in [9.17, 15) is 13.9 Å². The third-order valence-corrected chi connectivity index (χ3v) is 6.17. The molecule has 1 aliphatic rings. The smallest absolute Gasteiger partial charge is 0.190 e. The Morgan fingerprint density at radius 2 is 1.91 bits per heavy atom. The number of hydrogen-bond donors (Lipinski definition) is 2. The third-order valence-electron chi connectivity index (χ3n) is 6.17. The number of rotatable bonds is 6. The molecule has 34 heavy (non-hydrogen) atoms. The quantitative estimate of drug-likeness (QED) is 0.452. The number of aromatic nitrogens is 5. The van der Waals surface area contributed by atoms with E-state index in [-0.39, 0.29) is 30.0 Å². The fourth-order valence-electron chi connectivity index (χ4n) is 4.33. The molecule has 0 spiro atoms.